The molecular weight excluding hydrogens is 320 g/mol. The summed E-state index contributed by atoms with van der Waals surface area (Å²) in [5, 5.41) is 0. The summed E-state index contributed by atoms with van der Waals surface area (Å²) in [6, 6.07) is 11.1. The van der Waals surface area contributed by atoms with Crippen LogP contribution in [0.5, 0.6) is 0 Å². The summed E-state index contributed by atoms with van der Waals surface area (Å²) < 4.78 is 5.57. The van der Waals surface area contributed by atoms with Crippen LogP contribution in [0.1, 0.15) is 12.5 Å². The van der Waals surface area contributed by atoms with Crippen LogP contribution in [0, 0.1) is 0 Å². The van der Waals surface area contributed by atoms with Gasteiger partial charge in [0.1, 0.15) is 0 Å². The Hall–Kier alpha value is -1.24. The van der Waals surface area contributed by atoms with E-state index in [1.54, 1.807) is 0 Å². The molecule has 0 saturated carbocycles. The number of thioether (sulfide) groups is 1. The molecule has 2 saturated heterocycles. The summed E-state index contributed by atoms with van der Waals surface area (Å²) in [5.74, 6) is 2.99. The van der Waals surface area contributed by atoms with Gasteiger partial charge < -0.3 is 15.4 Å². The predicted octanol–water partition coefficient (Wildman–Crippen LogP) is 1.64. The van der Waals surface area contributed by atoms with E-state index in [4.69, 9.17) is 15.5 Å². The lowest BCUT2D eigenvalue weighted by molar-refractivity contribution is 0.00525. The van der Waals surface area contributed by atoms with Crippen molar-refractivity contribution in [3.8, 4) is 0 Å². The smallest absolute Gasteiger partial charge is 0.191 e. The van der Waals surface area contributed by atoms with Gasteiger partial charge in [0.2, 0.25) is 0 Å². The second-order valence-corrected chi connectivity index (χ2v) is 7.66. The van der Waals surface area contributed by atoms with Crippen LogP contribution >= 0.6 is 11.8 Å². The molecule has 0 radical (unpaired) electrons. The molecule has 0 aliphatic carbocycles. The first-order valence-electron chi connectivity index (χ1n) is 8.74. The summed E-state index contributed by atoms with van der Waals surface area (Å²) in [4.78, 5) is 9.40. The number of nitrogens with two attached hydrogens (primary N) is 1. The van der Waals surface area contributed by atoms with Gasteiger partial charge in [-0.25, -0.2) is 0 Å². The summed E-state index contributed by atoms with van der Waals surface area (Å²) in [6.45, 7) is 7.38. The van der Waals surface area contributed by atoms with Gasteiger partial charge in [-0.1, -0.05) is 30.3 Å². The fourth-order valence-electron chi connectivity index (χ4n) is 3.21. The van der Waals surface area contributed by atoms with E-state index in [1.807, 2.05) is 11.8 Å². The van der Waals surface area contributed by atoms with E-state index in [9.17, 15) is 0 Å². The highest BCUT2D eigenvalue weighted by Crippen LogP contribution is 2.19. The molecule has 2 unspecified atom stereocenters. The summed E-state index contributed by atoms with van der Waals surface area (Å²) in [7, 11) is 0. The highest BCUT2D eigenvalue weighted by molar-refractivity contribution is 7.99. The van der Waals surface area contributed by atoms with Crippen LogP contribution in [0.15, 0.2) is 35.3 Å². The lowest BCUT2D eigenvalue weighted by Gasteiger charge is -2.35. The van der Waals surface area contributed by atoms with Gasteiger partial charge in [0.05, 0.1) is 19.3 Å². The molecule has 2 fully saturated rings. The Kier molecular flexibility index (Phi) is 6.40. The van der Waals surface area contributed by atoms with Gasteiger partial charge in [0, 0.05) is 43.7 Å². The van der Waals surface area contributed by atoms with Gasteiger partial charge in [0.15, 0.2) is 5.96 Å². The molecule has 5 nitrogen and oxygen atoms in total. The maximum absolute atomic E-state index is 6.22. The molecule has 2 aliphatic rings. The average molecular weight is 349 g/mol. The number of ether oxygens (including phenoxy) is 1. The number of morpholine rings is 1. The Morgan fingerprint density at radius 1 is 1.33 bits per heavy atom. The number of nitrogens with zero attached hydrogens (tertiary/aromatic N) is 3. The van der Waals surface area contributed by atoms with Crippen LogP contribution in [0.4, 0.5) is 0 Å². The first-order valence-corrected chi connectivity index (χ1v) is 9.90. The predicted molar refractivity (Wildman–Crippen MR) is 101 cm³/mol. The maximum atomic E-state index is 6.22. The van der Waals surface area contributed by atoms with E-state index in [-0.39, 0.29) is 6.10 Å². The third kappa shape index (κ3) is 4.88. The number of hydrogen-bond donors (Lipinski definition) is 1. The summed E-state index contributed by atoms with van der Waals surface area (Å²) >= 11 is 2.02. The minimum absolute atomic E-state index is 0.229. The highest BCUT2D eigenvalue weighted by Gasteiger charge is 2.23. The normalized spacial score (nSPS) is 26.5. The van der Waals surface area contributed by atoms with E-state index < -0.39 is 0 Å². The molecule has 3 rings (SSSR count). The second-order valence-electron chi connectivity index (χ2n) is 6.51. The van der Waals surface area contributed by atoms with Crippen LogP contribution in [0.3, 0.4) is 0 Å². The maximum Gasteiger partial charge on any atom is 0.191 e. The van der Waals surface area contributed by atoms with Crippen LogP contribution in [-0.2, 0) is 11.3 Å². The SMILES string of the molecule is CC1CN(C(N)=NCC2CSCCN2Cc2ccccc2)CCO1. The molecule has 0 spiro atoms. The zero-order valence-corrected chi connectivity index (χ0v) is 15.3. The number of guanidine groups is 1. The monoisotopic (exact) mass is 348 g/mol. The fraction of sp³-hybridized carbons (Fsp3) is 0.611. The molecule has 6 heteroatoms. The highest BCUT2D eigenvalue weighted by atomic mass is 32.2. The Morgan fingerprint density at radius 2 is 2.17 bits per heavy atom. The number of hydrogen-bond acceptors (Lipinski definition) is 4. The summed E-state index contributed by atoms with van der Waals surface area (Å²) in [6.07, 6.45) is 0.229. The van der Waals surface area contributed by atoms with Crippen molar-refractivity contribution < 1.29 is 4.74 Å². The van der Waals surface area contributed by atoms with Gasteiger partial charge in [-0.2, -0.15) is 11.8 Å². The lowest BCUT2D eigenvalue weighted by atomic mass is 10.2. The molecule has 0 amide bonds. The minimum Gasteiger partial charge on any atom is -0.375 e. The van der Waals surface area contributed by atoms with E-state index in [0.717, 1.165) is 45.1 Å². The van der Waals surface area contributed by atoms with Crippen molar-refractivity contribution in [1.82, 2.24) is 9.80 Å². The topological polar surface area (TPSA) is 54.1 Å². The molecule has 2 N–H and O–H groups in total. The van der Waals surface area contributed by atoms with E-state index in [1.165, 1.54) is 11.3 Å². The van der Waals surface area contributed by atoms with Crippen molar-refractivity contribution >= 4 is 17.7 Å². The fourth-order valence-corrected chi connectivity index (χ4v) is 4.33. The lowest BCUT2D eigenvalue weighted by Crippen LogP contribution is -2.49. The molecule has 2 aliphatic heterocycles. The van der Waals surface area contributed by atoms with Gasteiger partial charge in [-0.05, 0) is 12.5 Å². The molecule has 1 aromatic carbocycles. The van der Waals surface area contributed by atoms with Gasteiger partial charge in [-0.15, -0.1) is 0 Å². The largest absolute Gasteiger partial charge is 0.375 e. The summed E-state index contributed by atoms with van der Waals surface area (Å²) in [5.41, 5.74) is 7.59. The molecule has 1 aromatic rings. The van der Waals surface area contributed by atoms with E-state index >= 15 is 0 Å². The molecule has 2 heterocycles. The average Bonchev–Trinajstić information content (AvgIpc) is 2.61. The molecule has 2 atom stereocenters. The van der Waals surface area contributed by atoms with Crippen LogP contribution in [0.25, 0.3) is 0 Å². The van der Waals surface area contributed by atoms with Gasteiger partial charge >= 0.3 is 0 Å². The third-order valence-corrected chi connectivity index (χ3v) is 5.70. The van der Waals surface area contributed by atoms with Crippen molar-refractivity contribution in [2.24, 2.45) is 10.7 Å². The Labute approximate surface area is 149 Å². The van der Waals surface area contributed by atoms with Gasteiger partial charge in [0.25, 0.3) is 0 Å². The van der Waals surface area contributed by atoms with Crippen molar-refractivity contribution in [1.29, 1.82) is 0 Å². The van der Waals surface area contributed by atoms with Crippen LogP contribution in [-0.4, -0.2) is 72.2 Å². The molecule has 0 aromatic heterocycles. The van der Waals surface area contributed by atoms with Crippen molar-refractivity contribution in [3.63, 3.8) is 0 Å². The molecule has 0 bridgehead atoms. The minimum atomic E-state index is 0.229. The Balaban J connectivity index is 1.58. The second kappa shape index (κ2) is 8.74. The molecule has 24 heavy (non-hydrogen) atoms. The van der Waals surface area contributed by atoms with E-state index in [2.05, 4.69) is 47.1 Å². The zero-order chi connectivity index (χ0) is 16.8. The first kappa shape index (κ1) is 17.6. The Bertz CT molecular complexity index is 539. The van der Waals surface area contributed by atoms with Gasteiger partial charge in [-0.3, -0.25) is 9.89 Å². The van der Waals surface area contributed by atoms with Crippen molar-refractivity contribution in [2.75, 3.05) is 44.3 Å². The van der Waals surface area contributed by atoms with Crippen LogP contribution < -0.4 is 5.73 Å². The first-order chi connectivity index (χ1) is 11.7. The number of aliphatic imine (C=N–C) groups is 1. The quantitative estimate of drug-likeness (QED) is 0.662. The van der Waals surface area contributed by atoms with Crippen molar-refractivity contribution in [3.05, 3.63) is 35.9 Å². The standard InChI is InChI=1S/C18H28N4OS/c1-15-12-22(7-9-23-15)18(19)20-11-17-14-24-10-8-21(17)13-16-5-3-2-4-6-16/h2-6,15,17H,7-14H2,1H3,(H2,19,20). The number of benzene rings is 1. The van der Waals surface area contributed by atoms with Crippen molar-refractivity contribution in [2.45, 2.75) is 25.6 Å². The third-order valence-electron chi connectivity index (χ3n) is 4.61. The Morgan fingerprint density at radius 3 is 2.96 bits per heavy atom. The zero-order valence-electron chi connectivity index (χ0n) is 14.4. The van der Waals surface area contributed by atoms with Crippen LogP contribution in [0.2, 0.25) is 0 Å². The van der Waals surface area contributed by atoms with E-state index in [0.29, 0.717) is 12.0 Å². The molecular formula is C18H28N4OS. The molecule has 132 valence electrons. The number of rotatable bonds is 4.